The number of nitrogens with one attached hydrogen (secondary N) is 1. The molecule has 3 rings (SSSR count). The molecule has 1 aliphatic rings. The molecule has 1 aliphatic heterocycles. The van der Waals surface area contributed by atoms with Gasteiger partial charge in [-0.3, -0.25) is 0 Å². The third-order valence-electron chi connectivity index (χ3n) is 3.01. The van der Waals surface area contributed by atoms with Crippen LogP contribution in [0.2, 0.25) is 5.02 Å². The van der Waals surface area contributed by atoms with E-state index >= 15 is 0 Å². The topological polar surface area (TPSA) is 37.8 Å². The minimum absolute atomic E-state index is 0.692. The van der Waals surface area contributed by atoms with Crippen LogP contribution >= 0.6 is 11.6 Å². The largest absolute Gasteiger partial charge is 0.307 e. The Morgan fingerprint density at radius 2 is 2.00 bits per heavy atom. The third kappa shape index (κ3) is 1.81. The van der Waals surface area contributed by atoms with E-state index in [4.69, 9.17) is 11.6 Å². The second-order valence-electron chi connectivity index (χ2n) is 4.14. The number of rotatable bonds is 1. The molecule has 17 heavy (non-hydrogen) atoms. The molecule has 0 atom stereocenters. The normalized spacial score (nSPS) is 13.8. The van der Waals surface area contributed by atoms with Gasteiger partial charge in [-0.05, 0) is 19.1 Å². The average Bonchev–Trinajstić information content (AvgIpc) is 2.78. The first-order chi connectivity index (χ1) is 8.25. The predicted molar refractivity (Wildman–Crippen MR) is 67.8 cm³/mol. The van der Waals surface area contributed by atoms with Gasteiger partial charge < -0.3 is 5.32 Å². The van der Waals surface area contributed by atoms with E-state index in [1.54, 1.807) is 0 Å². The van der Waals surface area contributed by atoms with Crippen LogP contribution in [0.25, 0.3) is 11.4 Å². The van der Waals surface area contributed by atoms with Crippen LogP contribution < -0.4 is 5.32 Å². The van der Waals surface area contributed by atoms with Crippen molar-refractivity contribution in [1.29, 1.82) is 0 Å². The minimum Gasteiger partial charge on any atom is -0.307 e. The first-order valence-corrected chi connectivity index (χ1v) is 5.95. The monoisotopic (exact) mass is 245 g/mol. The van der Waals surface area contributed by atoms with Crippen molar-refractivity contribution < 1.29 is 0 Å². The predicted octanol–water partition coefficient (Wildman–Crippen LogP) is 2.71. The number of aryl methyl sites for hydroxylation is 1. The van der Waals surface area contributed by atoms with Gasteiger partial charge in [0.05, 0.1) is 10.7 Å². The van der Waals surface area contributed by atoms with E-state index < -0.39 is 0 Å². The van der Waals surface area contributed by atoms with Gasteiger partial charge in [-0.15, -0.1) is 0 Å². The molecular weight excluding hydrogens is 234 g/mol. The van der Waals surface area contributed by atoms with Gasteiger partial charge in [-0.2, -0.15) is 0 Å². The lowest BCUT2D eigenvalue weighted by Crippen LogP contribution is -2.00. The van der Waals surface area contributed by atoms with Crippen LogP contribution in [0.5, 0.6) is 0 Å². The molecule has 1 aromatic heterocycles. The lowest BCUT2D eigenvalue weighted by molar-refractivity contribution is 0.757. The highest BCUT2D eigenvalue weighted by atomic mass is 35.5. The Kier molecular flexibility index (Phi) is 2.57. The van der Waals surface area contributed by atoms with Crippen molar-refractivity contribution in [2.75, 3.05) is 0 Å². The highest BCUT2D eigenvalue weighted by Crippen LogP contribution is 2.27. The summed E-state index contributed by atoms with van der Waals surface area (Å²) < 4.78 is 0. The van der Waals surface area contributed by atoms with Crippen molar-refractivity contribution in [3.63, 3.8) is 0 Å². The summed E-state index contributed by atoms with van der Waals surface area (Å²) in [6.45, 7) is 3.70. The number of benzene rings is 1. The van der Waals surface area contributed by atoms with E-state index in [1.165, 1.54) is 5.56 Å². The van der Waals surface area contributed by atoms with Gasteiger partial charge in [0.15, 0.2) is 5.82 Å². The first-order valence-electron chi connectivity index (χ1n) is 5.57. The maximum atomic E-state index is 6.17. The molecule has 0 spiro atoms. The summed E-state index contributed by atoms with van der Waals surface area (Å²) in [6.07, 6.45) is 0. The van der Waals surface area contributed by atoms with Gasteiger partial charge >= 0.3 is 0 Å². The lowest BCUT2D eigenvalue weighted by atomic mass is 10.1. The second-order valence-corrected chi connectivity index (χ2v) is 4.55. The van der Waals surface area contributed by atoms with Gasteiger partial charge in [-0.25, -0.2) is 9.97 Å². The van der Waals surface area contributed by atoms with Crippen molar-refractivity contribution in [1.82, 2.24) is 15.3 Å². The average molecular weight is 246 g/mol. The number of hydrogen-bond acceptors (Lipinski definition) is 3. The summed E-state index contributed by atoms with van der Waals surface area (Å²) in [7, 11) is 0. The van der Waals surface area contributed by atoms with Gasteiger partial charge in [-0.1, -0.05) is 23.7 Å². The second kappa shape index (κ2) is 4.09. The summed E-state index contributed by atoms with van der Waals surface area (Å²) in [5.74, 6) is 0.718. The van der Waals surface area contributed by atoms with Crippen LogP contribution in [0.15, 0.2) is 24.3 Å². The molecule has 0 saturated heterocycles. The molecule has 0 saturated carbocycles. The van der Waals surface area contributed by atoms with Crippen LogP contribution in [0.3, 0.4) is 0 Å². The zero-order valence-corrected chi connectivity index (χ0v) is 10.3. The molecule has 1 N–H and O–H groups in total. The molecule has 0 fully saturated rings. The number of hydrogen-bond donors (Lipinski definition) is 1. The van der Waals surface area contributed by atoms with Gasteiger partial charge in [0.1, 0.15) is 0 Å². The van der Waals surface area contributed by atoms with Crippen molar-refractivity contribution in [2.24, 2.45) is 0 Å². The zero-order valence-electron chi connectivity index (χ0n) is 9.50. The standard InChI is InChI=1S/C13H12ClN3/c1-8-10-6-15-7-12(10)17-13(16-8)9-4-2-3-5-11(9)14/h2-5,15H,6-7H2,1H3. The summed E-state index contributed by atoms with van der Waals surface area (Å²) in [5, 5.41) is 3.98. The van der Waals surface area contributed by atoms with Gasteiger partial charge in [0.25, 0.3) is 0 Å². The van der Waals surface area contributed by atoms with E-state index in [-0.39, 0.29) is 0 Å². The van der Waals surface area contributed by atoms with Gasteiger partial charge in [0, 0.05) is 29.9 Å². The fourth-order valence-corrected chi connectivity index (χ4v) is 2.32. The van der Waals surface area contributed by atoms with E-state index in [2.05, 4.69) is 15.3 Å². The maximum absolute atomic E-state index is 6.17. The number of aromatic nitrogens is 2. The van der Waals surface area contributed by atoms with Crippen LogP contribution in [0.1, 0.15) is 17.0 Å². The molecule has 0 bridgehead atoms. The Hall–Kier alpha value is -1.45. The van der Waals surface area contributed by atoms with Gasteiger partial charge in [0.2, 0.25) is 0 Å². The molecule has 2 heterocycles. The van der Waals surface area contributed by atoms with E-state index in [9.17, 15) is 0 Å². The van der Waals surface area contributed by atoms with E-state index in [0.29, 0.717) is 5.02 Å². The Morgan fingerprint density at radius 3 is 2.82 bits per heavy atom. The summed E-state index contributed by atoms with van der Waals surface area (Å²) in [6, 6.07) is 7.67. The van der Waals surface area contributed by atoms with Crippen LogP contribution in [-0.4, -0.2) is 9.97 Å². The minimum atomic E-state index is 0.692. The Bertz CT molecular complexity index is 581. The van der Waals surface area contributed by atoms with E-state index in [0.717, 1.165) is 35.9 Å². The van der Waals surface area contributed by atoms with Crippen molar-refractivity contribution in [3.8, 4) is 11.4 Å². The Labute approximate surface area is 105 Å². The fourth-order valence-electron chi connectivity index (χ4n) is 2.10. The van der Waals surface area contributed by atoms with Crippen molar-refractivity contribution in [3.05, 3.63) is 46.2 Å². The first kappa shape index (κ1) is 10.7. The highest BCUT2D eigenvalue weighted by molar-refractivity contribution is 6.33. The molecular formula is C13H12ClN3. The van der Waals surface area contributed by atoms with E-state index in [1.807, 2.05) is 31.2 Å². The SMILES string of the molecule is Cc1nc(-c2ccccc2Cl)nc2c1CNC2. The molecule has 86 valence electrons. The highest BCUT2D eigenvalue weighted by Gasteiger charge is 2.17. The number of halogens is 1. The molecule has 3 nitrogen and oxygen atoms in total. The summed E-state index contributed by atoms with van der Waals surface area (Å²) in [5.41, 5.74) is 4.25. The smallest absolute Gasteiger partial charge is 0.161 e. The van der Waals surface area contributed by atoms with Crippen molar-refractivity contribution >= 4 is 11.6 Å². The number of fused-ring (bicyclic) bond motifs is 1. The van der Waals surface area contributed by atoms with Crippen LogP contribution in [0, 0.1) is 6.92 Å². The molecule has 4 heteroatoms. The third-order valence-corrected chi connectivity index (χ3v) is 3.34. The van der Waals surface area contributed by atoms with Crippen LogP contribution in [0.4, 0.5) is 0 Å². The number of nitrogens with zero attached hydrogens (tertiary/aromatic N) is 2. The summed E-state index contributed by atoms with van der Waals surface area (Å²) in [4.78, 5) is 9.13. The fraction of sp³-hybridized carbons (Fsp3) is 0.231. The Balaban J connectivity index is 2.17. The van der Waals surface area contributed by atoms with Crippen molar-refractivity contribution in [2.45, 2.75) is 20.0 Å². The maximum Gasteiger partial charge on any atom is 0.161 e. The van der Waals surface area contributed by atoms with Crippen LogP contribution in [-0.2, 0) is 13.1 Å². The molecule has 0 radical (unpaired) electrons. The molecule has 1 aromatic carbocycles. The molecule has 2 aromatic rings. The lowest BCUT2D eigenvalue weighted by Gasteiger charge is -2.07. The quantitative estimate of drug-likeness (QED) is 0.840. The molecule has 0 aliphatic carbocycles. The molecule has 0 amide bonds. The summed E-state index contributed by atoms with van der Waals surface area (Å²) >= 11 is 6.17. The zero-order chi connectivity index (χ0) is 11.8. The molecule has 0 unspecified atom stereocenters. The Morgan fingerprint density at radius 1 is 1.18 bits per heavy atom.